The second-order valence-corrected chi connectivity index (χ2v) is 12.4. The monoisotopic (exact) mass is 599 g/mol. The average molecular weight is 600 g/mol. The van der Waals surface area contributed by atoms with Crippen molar-refractivity contribution in [1.29, 1.82) is 0 Å². The highest BCUT2D eigenvalue weighted by molar-refractivity contribution is 6.35. The Bertz CT molecular complexity index is 2770. The van der Waals surface area contributed by atoms with Crippen LogP contribution in [0.15, 0.2) is 157 Å². The maximum absolute atomic E-state index is 6.54. The molecule has 47 heavy (non-hydrogen) atoms. The number of aromatic nitrogens is 1. The van der Waals surface area contributed by atoms with Gasteiger partial charge in [0.2, 0.25) is 0 Å². The van der Waals surface area contributed by atoms with E-state index in [0.717, 1.165) is 22.5 Å². The number of hydrogen-bond donors (Lipinski definition) is 1. The van der Waals surface area contributed by atoms with E-state index in [-0.39, 0.29) is 0 Å². The SMILES string of the molecule is Nc1ccccc1C(=NCn1c2cccc3c2c2c4c(cccc4ccc21)-c1c-3c2ccccc2c2ccccc12)c1ccccc1. The van der Waals surface area contributed by atoms with Gasteiger partial charge in [0.05, 0.1) is 16.7 Å². The highest BCUT2D eigenvalue weighted by Gasteiger charge is 2.27. The third kappa shape index (κ3) is 3.65. The van der Waals surface area contributed by atoms with Crippen LogP contribution in [0.4, 0.5) is 5.69 Å². The molecule has 1 aliphatic carbocycles. The van der Waals surface area contributed by atoms with Gasteiger partial charge in [0, 0.05) is 27.6 Å². The smallest absolute Gasteiger partial charge is 0.115 e. The van der Waals surface area contributed by atoms with Gasteiger partial charge in [0.1, 0.15) is 6.67 Å². The summed E-state index contributed by atoms with van der Waals surface area (Å²) in [6.07, 6.45) is 0. The molecule has 9 aromatic rings. The normalized spacial score (nSPS) is 12.6. The molecule has 1 aromatic heterocycles. The Balaban J connectivity index is 1.33. The molecule has 10 rings (SSSR count). The Morgan fingerprint density at radius 1 is 0.489 bits per heavy atom. The number of hydrogen-bond acceptors (Lipinski definition) is 2. The zero-order chi connectivity index (χ0) is 31.1. The van der Waals surface area contributed by atoms with Gasteiger partial charge in [-0.2, -0.15) is 0 Å². The fourth-order valence-electron chi connectivity index (χ4n) is 8.06. The van der Waals surface area contributed by atoms with Crippen LogP contribution in [0.5, 0.6) is 0 Å². The summed E-state index contributed by atoms with van der Waals surface area (Å²) >= 11 is 0. The van der Waals surface area contributed by atoms with Crippen LogP contribution < -0.4 is 5.73 Å². The van der Waals surface area contributed by atoms with Crippen molar-refractivity contribution in [3.05, 3.63) is 163 Å². The molecule has 8 aromatic carbocycles. The van der Waals surface area contributed by atoms with Gasteiger partial charge in [-0.3, -0.25) is 4.99 Å². The zero-order valence-electron chi connectivity index (χ0n) is 25.6. The van der Waals surface area contributed by atoms with Crippen LogP contribution in [0.25, 0.3) is 76.4 Å². The minimum atomic E-state index is 0.459. The van der Waals surface area contributed by atoms with E-state index >= 15 is 0 Å². The van der Waals surface area contributed by atoms with Crippen molar-refractivity contribution in [2.75, 3.05) is 5.73 Å². The van der Waals surface area contributed by atoms with E-state index in [2.05, 4.69) is 132 Å². The maximum atomic E-state index is 6.54. The molecule has 0 saturated heterocycles. The third-order valence-electron chi connectivity index (χ3n) is 10.0. The number of benzene rings is 8. The standard InChI is InChI=1S/C44H29N3/c45-36-22-9-8-19-33(36)44(28-12-2-1-3-13-28)46-26-47-37-23-11-21-35-41-32-18-7-5-16-30(32)29-15-4-6-17-31(29)40(41)34-20-10-14-27-24-25-38(47)43(39(27)34)42(35)37/h1-25H,26,45H2. The van der Waals surface area contributed by atoms with E-state index in [4.69, 9.17) is 10.7 Å². The summed E-state index contributed by atoms with van der Waals surface area (Å²) in [4.78, 5) is 5.35. The van der Waals surface area contributed by atoms with Crippen LogP contribution in [-0.2, 0) is 6.67 Å². The topological polar surface area (TPSA) is 43.3 Å². The minimum absolute atomic E-state index is 0.459. The summed E-state index contributed by atoms with van der Waals surface area (Å²) in [5, 5.41) is 10.3. The molecule has 0 unspecified atom stereocenters. The molecule has 3 heteroatoms. The highest BCUT2D eigenvalue weighted by Crippen LogP contribution is 2.53. The molecule has 0 fully saturated rings. The van der Waals surface area contributed by atoms with Crippen LogP contribution in [0.2, 0.25) is 0 Å². The zero-order valence-corrected chi connectivity index (χ0v) is 25.6. The third-order valence-corrected chi connectivity index (χ3v) is 10.0. The maximum Gasteiger partial charge on any atom is 0.115 e. The number of para-hydroxylation sites is 1. The van der Waals surface area contributed by atoms with Crippen molar-refractivity contribution < 1.29 is 0 Å². The van der Waals surface area contributed by atoms with E-state index in [1.165, 1.54) is 76.4 Å². The lowest BCUT2D eigenvalue weighted by Gasteiger charge is -2.19. The van der Waals surface area contributed by atoms with E-state index in [0.29, 0.717) is 6.67 Å². The molecular formula is C44H29N3. The summed E-state index contributed by atoms with van der Waals surface area (Å²) < 4.78 is 2.39. The highest BCUT2D eigenvalue weighted by atomic mass is 15.1. The number of anilines is 1. The van der Waals surface area contributed by atoms with E-state index in [9.17, 15) is 0 Å². The summed E-state index contributed by atoms with van der Waals surface area (Å²) in [6, 6.07) is 54.3. The van der Waals surface area contributed by atoms with Crippen molar-refractivity contribution >= 4 is 65.5 Å². The van der Waals surface area contributed by atoms with Gasteiger partial charge in [-0.05, 0) is 72.8 Å². The van der Waals surface area contributed by atoms with Crippen molar-refractivity contribution in [2.45, 2.75) is 6.67 Å². The molecule has 1 heterocycles. The molecule has 1 aliphatic rings. The Morgan fingerprint density at radius 2 is 1.09 bits per heavy atom. The van der Waals surface area contributed by atoms with Crippen LogP contribution in [0, 0.1) is 0 Å². The quantitative estimate of drug-likeness (QED) is 0.122. The largest absolute Gasteiger partial charge is 0.398 e. The first-order valence-corrected chi connectivity index (χ1v) is 16.1. The van der Waals surface area contributed by atoms with Gasteiger partial charge in [-0.25, -0.2) is 0 Å². The molecule has 0 amide bonds. The van der Waals surface area contributed by atoms with Gasteiger partial charge >= 0.3 is 0 Å². The van der Waals surface area contributed by atoms with Crippen molar-refractivity contribution in [1.82, 2.24) is 4.57 Å². The fourth-order valence-corrected chi connectivity index (χ4v) is 8.06. The lowest BCUT2D eigenvalue weighted by molar-refractivity contribution is 0.793. The Labute approximate surface area is 271 Å². The lowest BCUT2D eigenvalue weighted by atomic mass is 9.84. The average Bonchev–Trinajstić information content (AvgIpc) is 3.38. The van der Waals surface area contributed by atoms with Crippen LogP contribution in [0.3, 0.4) is 0 Å². The molecule has 0 spiro atoms. The van der Waals surface area contributed by atoms with Crippen LogP contribution >= 0.6 is 0 Å². The molecule has 3 nitrogen and oxygen atoms in total. The second kappa shape index (κ2) is 9.90. The first kappa shape index (κ1) is 26.1. The Hall–Kier alpha value is -6.19. The predicted molar refractivity (Wildman–Crippen MR) is 199 cm³/mol. The fraction of sp³-hybridized carbons (Fsp3) is 0.0227. The number of nitrogens with two attached hydrogens (primary N) is 1. The van der Waals surface area contributed by atoms with Gasteiger partial charge in [-0.1, -0.05) is 133 Å². The van der Waals surface area contributed by atoms with E-state index in [1.54, 1.807) is 0 Å². The first-order chi connectivity index (χ1) is 23.3. The summed E-state index contributed by atoms with van der Waals surface area (Å²) in [5.74, 6) is 0. The Morgan fingerprint density at radius 3 is 1.81 bits per heavy atom. The van der Waals surface area contributed by atoms with Gasteiger partial charge in [-0.15, -0.1) is 0 Å². The number of nitrogen functional groups attached to an aromatic ring is 1. The molecule has 0 radical (unpaired) electrons. The molecule has 0 atom stereocenters. The van der Waals surface area contributed by atoms with E-state index in [1.807, 2.05) is 24.3 Å². The summed E-state index contributed by atoms with van der Waals surface area (Å²) in [5.41, 5.74) is 17.7. The molecule has 0 bridgehead atoms. The van der Waals surface area contributed by atoms with Crippen LogP contribution in [0.1, 0.15) is 11.1 Å². The number of fused-ring (bicyclic) bond motifs is 8. The first-order valence-electron chi connectivity index (χ1n) is 16.1. The predicted octanol–water partition coefficient (Wildman–Crippen LogP) is 11.0. The number of nitrogens with zero attached hydrogens (tertiary/aromatic N) is 2. The number of aliphatic imine (C=N–C) groups is 1. The molecular weight excluding hydrogens is 571 g/mol. The summed E-state index contributed by atoms with van der Waals surface area (Å²) in [7, 11) is 0. The molecule has 220 valence electrons. The molecule has 0 aliphatic heterocycles. The van der Waals surface area contributed by atoms with Gasteiger partial charge in [0.25, 0.3) is 0 Å². The minimum Gasteiger partial charge on any atom is -0.398 e. The Kier molecular flexibility index (Phi) is 5.49. The van der Waals surface area contributed by atoms with Gasteiger partial charge < -0.3 is 10.3 Å². The number of rotatable bonds is 4. The van der Waals surface area contributed by atoms with Crippen LogP contribution in [-0.4, -0.2) is 10.3 Å². The van der Waals surface area contributed by atoms with Crippen molar-refractivity contribution in [3.8, 4) is 22.3 Å². The second-order valence-electron chi connectivity index (χ2n) is 12.4. The molecule has 2 N–H and O–H groups in total. The van der Waals surface area contributed by atoms with E-state index < -0.39 is 0 Å². The summed E-state index contributed by atoms with van der Waals surface area (Å²) in [6.45, 7) is 0.459. The lowest BCUT2D eigenvalue weighted by Crippen LogP contribution is -2.09. The van der Waals surface area contributed by atoms with Crippen molar-refractivity contribution in [2.24, 2.45) is 4.99 Å². The van der Waals surface area contributed by atoms with Crippen molar-refractivity contribution in [3.63, 3.8) is 0 Å². The molecule has 0 saturated carbocycles. The van der Waals surface area contributed by atoms with Gasteiger partial charge in [0.15, 0.2) is 0 Å².